The maximum Gasteiger partial charge on any atom is 0.327 e. The standard InChI is InChI=1S/C27H30N6O5/c1-3-22(26-29-30-31-33(26)17-25(34)36-4-2)32(15-18-8-6-5-7-9-18)16-20-12-19-13-23-24(38-11-10-37-23)14-21(19)28-27(20)35/h5-9,12-14,22H,3-4,10-11,15-17H2,1-2H3,(H,28,35)/t22-/m1/s1. The number of nitrogens with zero attached hydrogens (tertiary/aromatic N) is 5. The van der Waals surface area contributed by atoms with E-state index in [4.69, 9.17) is 14.2 Å². The van der Waals surface area contributed by atoms with Crippen LogP contribution in [0.15, 0.2) is 53.3 Å². The predicted octanol–water partition coefficient (Wildman–Crippen LogP) is 3.00. The number of ether oxygens (including phenoxy) is 3. The van der Waals surface area contributed by atoms with E-state index in [1.54, 1.807) is 13.0 Å². The number of aromatic nitrogens is 5. The molecule has 5 rings (SSSR count). The van der Waals surface area contributed by atoms with Crippen LogP contribution in [-0.2, 0) is 29.2 Å². The summed E-state index contributed by atoms with van der Waals surface area (Å²) in [5.74, 6) is 1.41. The number of H-pyrrole nitrogens is 1. The zero-order chi connectivity index (χ0) is 26.5. The molecule has 0 fully saturated rings. The fourth-order valence-electron chi connectivity index (χ4n) is 4.71. The van der Waals surface area contributed by atoms with Gasteiger partial charge in [-0.25, -0.2) is 4.68 Å². The summed E-state index contributed by atoms with van der Waals surface area (Å²) < 4.78 is 18.0. The number of esters is 1. The molecule has 3 heterocycles. The Kier molecular flexibility index (Phi) is 7.64. The number of nitrogens with one attached hydrogen (secondary N) is 1. The van der Waals surface area contributed by atoms with Crippen LogP contribution < -0.4 is 15.0 Å². The third-order valence-electron chi connectivity index (χ3n) is 6.46. The van der Waals surface area contributed by atoms with Gasteiger partial charge in [-0.15, -0.1) is 5.10 Å². The zero-order valence-electron chi connectivity index (χ0n) is 21.4. The van der Waals surface area contributed by atoms with E-state index in [0.29, 0.717) is 61.1 Å². The van der Waals surface area contributed by atoms with Crippen molar-refractivity contribution in [2.24, 2.45) is 0 Å². The minimum atomic E-state index is -0.411. The molecule has 2 aromatic heterocycles. The minimum absolute atomic E-state index is 0.0877. The molecule has 38 heavy (non-hydrogen) atoms. The highest BCUT2D eigenvalue weighted by Crippen LogP contribution is 2.34. The number of hydrogen-bond acceptors (Lipinski definition) is 9. The highest BCUT2D eigenvalue weighted by Gasteiger charge is 2.27. The number of hydrogen-bond donors (Lipinski definition) is 1. The molecule has 198 valence electrons. The van der Waals surface area contributed by atoms with Gasteiger partial charge in [0.2, 0.25) is 0 Å². The lowest BCUT2D eigenvalue weighted by Gasteiger charge is -2.30. The summed E-state index contributed by atoms with van der Waals surface area (Å²) in [6.07, 6.45) is 0.653. The third-order valence-corrected chi connectivity index (χ3v) is 6.46. The number of aromatic amines is 1. The van der Waals surface area contributed by atoms with Crippen molar-refractivity contribution in [3.05, 3.63) is 75.8 Å². The number of carbonyl (C=O) groups is 1. The number of tetrazole rings is 1. The highest BCUT2D eigenvalue weighted by atomic mass is 16.6. The molecule has 1 atom stereocenters. The monoisotopic (exact) mass is 518 g/mol. The van der Waals surface area contributed by atoms with E-state index < -0.39 is 5.97 Å². The number of fused-ring (bicyclic) bond motifs is 2. The average molecular weight is 519 g/mol. The first-order valence-corrected chi connectivity index (χ1v) is 12.7. The Balaban J connectivity index is 1.50. The van der Waals surface area contributed by atoms with Crippen molar-refractivity contribution >= 4 is 16.9 Å². The fraction of sp³-hybridized carbons (Fsp3) is 0.370. The first kappa shape index (κ1) is 25.4. The average Bonchev–Trinajstić information content (AvgIpc) is 3.36. The summed E-state index contributed by atoms with van der Waals surface area (Å²) in [6.45, 7) is 5.81. The molecule has 0 bridgehead atoms. The largest absolute Gasteiger partial charge is 0.486 e. The van der Waals surface area contributed by atoms with Gasteiger partial charge in [-0.1, -0.05) is 37.3 Å². The number of pyridine rings is 1. The van der Waals surface area contributed by atoms with Crippen molar-refractivity contribution in [2.75, 3.05) is 19.8 Å². The molecular formula is C27H30N6O5. The molecule has 0 aliphatic carbocycles. The molecule has 2 aromatic carbocycles. The van der Waals surface area contributed by atoms with Crippen LogP contribution in [0.4, 0.5) is 0 Å². The molecule has 1 aliphatic heterocycles. The quantitative estimate of drug-likeness (QED) is 0.315. The van der Waals surface area contributed by atoms with E-state index in [1.807, 2.05) is 49.4 Å². The summed E-state index contributed by atoms with van der Waals surface area (Å²) in [6, 6.07) is 15.3. The van der Waals surface area contributed by atoms with E-state index >= 15 is 0 Å². The number of rotatable bonds is 10. The van der Waals surface area contributed by atoms with E-state index in [0.717, 1.165) is 10.9 Å². The van der Waals surface area contributed by atoms with Gasteiger partial charge in [0.1, 0.15) is 19.8 Å². The van der Waals surface area contributed by atoms with Crippen molar-refractivity contribution in [2.45, 2.75) is 45.9 Å². The van der Waals surface area contributed by atoms with E-state index in [1.165, 1.54) is 4.68 Å². The third kappa shape index (κ3) is 5.52. The van der Waals surface area contributed by atoms with Gasteiger partial charge in [-0.3, -0.25) is 14.5 Å². The van der Waals surface area contributed by atoms with Crippen molar-refractivity contribution in [1.29, 1.82) is 0 Å². The molecule has 0 spiro atoms. The van der Waals surface area contributed by atoms with Crippen LogP contribution in [0.2, 0.25) is 0 Å². The van der Waals surface area contributed by atoms with Crippen LogP contribution in [0.3, 0.4) is 0 Å². The van der Waals surface area contributed by atoms with Crippen LogP contribution in [0.25, 0.3) is 10.9 Å². The zero-order valence-corrected chi connectivity index (χ0v) is 21.4. The Hall–Kier alpha value is -4.25. The van der Waals surface area contributed by atoms with Crippen molar-refractivity contribution in [1.82, 2.24) is 30.1 Å². The molecule has 11 nitrogen and oxygen atoms in total. The Morgan fingerprint density at radius 3 is 2.61 bits per heavy atom. The normalized spacial score (nSPS) is 13.6. The van der Waals surface area contributed by atoms with Crippen LogP contribution in [0.1, 0.15) is 43.3 Å². The topological polar surface area (TPSA) is 124 Å². The van der Waals surface area contributed by atoms with Crippen LogP contribution in [0, 0.1) is 0 Å². The molecule has 0 radical (unpaired) electrons. The molecule has 0 unspecified atom stereocenters. The molecule has 1 aliphatic rings. The van der Waals surface area contributed by atoms with Crippen LogP contribution in [-0.4, -0.2) is 55.9 Å². The van der Waals surface area contributed by atoms with Gasteiger partial charge in [0, 0.05) is 30.1 Å². The first-order chi connectivity index (χ1) is 18.6. The van der Waals surface area contributed by atoms with Crippen molar-refractivity contribution < 1.29 is 19.0 Å². The van der Waals surface area contributed by atoms with E-state index in [9.17, 15) is 9.59 Å². The lowest BCUT2D eigenvalue weighted by molar-refractivity contribution is -0.144. The lowest BCUT2D eigenvalue weighted by Crippen LogP contribution is -2.33. The Morgan fingerprint density at radius 2 is 1.87 bits per heavy atom. The number of carbonyl (C=O) groups excluding carboxylic acids is 1. The maximum absolute atomic E-state index is 13.2. The Morgan fingerprint density at radius 1 is 1.11 bits per heavy atom. The van der Waals surface area contributed by atoms with Gasteiger partial charge in [0.15, 0.2) is 17.3 Å². The smallest absolute Gasteiger partial charge is 0.327 e. The Bertz CT molecular complexity index is 1470. The lowest BCUT2D eigenvalue weighted by atomic mass is 10.1. The molecule has 0 saturated heterocycles. The second-order valence-corrected chi connectivity index (χ2v) is 9.02. The molecule has 0 amide bonds. The van der Waals surface area contributed by atoms with Gasteiger partial charge < -0.3 is 19.2 Å². The first-order valence-electron chi connectivity index (χ1n) is 12.7. The van der Waals surface area contributed by atoms with Gasteiger partial charge >= 0.3 is 5.97 Å². The molecule has 0 saturated carbocycles. The predicted molar refractivity (Wildman–Crippen MR) is 139 cm³/mol. The Labute approximate surface area is 219 Å². The highest BCUT2D eigenvalue weighted by molar-refractivity contribution is 5.83. The summed E-state index contributed by atoms with van der Waals surface area (Å²) in [5.41, 5.74) is 2.16. The summed E-state index contributed by atoms with van der Waals surface area (Å²) >= 11 is 0. The SMILES string of the molecule is CCOC(=O)Cn1nnnc1[C@@H](CC)N(Cc1ccccc1)Cc1cc2cc3c(cc2[nH]c1=O)OCCO3. The molecule has 4 aromatic rings. The number of benzene rings is 2. The van der Waals surface area contributed by atoms with Gasteiger partial charge in [-0.2, -0.15) is 0 Å². The molecular weight excluding hydrogens is 488 g/mol. The van der Waals surface area contributed by atoms with Crippen molar-refractivity contribution in [3.8, 4) is 11.5 Å². The fourth-order valence-corrected chi connectivity index (χ4v) is 4.71. The minimum Gasteiger partial charge on any atom is -0.486 e. The van der Waals surface area contributed by atoms with Crippen LogP contribution in [0.5, 0.6) is 11.5 Å². The second-order valence-electron chi connectivity index (χ2n) is 9.02. The van der Waals surface area contributed by atoms with E-state index in [2.05, 4.69) is 25.4 Å². The molecule has 11 heteroatoms. The second kappa shape index (κ2) is 11.4. The summed E-state index contributed by atoms with van der Waals surface area (Å²) in [7, 11) is 0. The van der Waals surface area contributed by atoms with Crippen molar-refractivity contribution in [3.63, 3.8) is 0 Å². The van der Waals surface area contributed by atoms with Gasteiger partial charge in [0.25, 0.3) is 5.56 Å². The van der Waals surface area contributed by atoms with E-state index in [-0.39, 0.29) is 24.8 Å². The molecule has 1 N–H and O–H groups in total. The van der Waals surface area contributed by atoms with Gasteiger partial charge in [-0.05, 0) is 41.5 Å². The van der Waals surface area contributed by atoms with Crippen LogP contribution >= 0.6 is 0 Å². The van der Waals surface area contributed by atoms with Gasteiger partial charge in [0.05, 0.1) is 18.2 Å². The summed E-state index contributed by atoms with van der Waals surface area (Å²) in [5, 5.41) is 13.0. The summed E-state index contributed by atoms with van der Waals surface area (Å²) in [4.78, 5) is 30.5. The maximum atomic E-state index is 13.2.